The molecule has 134 valence electrons. The molecule has 1 aromatic heterocycles. The van der Waals surface area contributed by atoms with Crippen LogP contribution in [0.4, 0.5) is 0 Å². The Morgan fingerprint density at radius 2 is 1.84 bits per heavy atom. The number of carbonyl (C=O) groups is 2. The zero-order chi connectivity index (χ0) is 18.4. The van der Waals surface area contributed by atoms with Crippen molar-refractivity contribution < 1.29 is 19.1 Å². The van der Waals surface area contributed by atoms with Crippen molar-refractivity contribution in [2.45, 2.75) is 39.5 Å². The largest absolute Gasteiger partial charge is 0.478 e. The molecule has 1 aromatic carbocycles. The van der Waals surface area contributed by atoms with Crippen molar-refractivity contribution in [3.05, 3.63) is 59.0 Å². The summed E-state index contributed by atoms with van der Waals surface area (Å²) in [5.74, 6) is -0.678. The third-order valence-corrected chi connectivity index (χ3v) is 4.44. The summed E-state index contributed by atoms with van der Waals surface area (Å²) in [6.07, 6.45) is 1.34. The maximum atomic E-state index is 12.8. The Kier molecular flexibility index (Phi) is 6.39. The molecule has 1 unspecified atom stereocenters. The number of aryl methyl sites for hydroxylation is 1. The SMILES string of the molecule is CCc1oc(C(=O)N(CC)CC(CC)c2ccccc2)cc1C(=O)O. The van der Waals surface area contributed by atoms with E-state index in [-0.39, 0.29) is 23.1 Å². The van der Waals surface area contributed by atoms with E-state index in [1.165, 1.54) is 11.6 Å². The second kappa shape index (κ2) is 8.51. The molecule has 0 aliphatic heterocycles. The van der Waals surface area contributed by atoms with Crippen LogP contribution in [0.3, 0.4) is 0 Å². The molecule has 1 atom stereocenters. The van der Waals surface area contributed by atoms with E-state index in [2.05, 4.69) is 19.1 Å². The lowest BCUT2D eigenvalue weighted by Gasteiger charge is -2.25. The van der Waals surface area contributed by atoms with Crippen molar-refractivity contribution >= 4 is 11.9 Å². The lowest BCUT2D eigenvalue weighted by molar-refractivity contribution is 0.0690. The Morgan fingerprint density at radius 1 is 1.16 bits per heavy atom. The summed E-state index contributed by atoms with van der Waals surface area (Å²) in [6, 6.07) is 11.4. The minimum atomic E-state index is -1.07. The molecule has 0 fully saturated rings. The summed E-state index contributed by atoms with van der Waals surface area (Å²) in [7, 11) is 0. The first kappa shape index (κ1) is 18.8. The summed E-state index contributed by atoms with van der Waals surface area (Å²) in [5, 5.41) is 9.23. The highest BCUT2D eigenvalue weighted by atomic mass is 16.4. The van der Waals surface area contributed by atoms with Gasteiger partial charge >= 0.3 is 5.97 Å². The number of rotatable bonds is 8. The van der Waals surface area contributed by atoms with E-state index >= 15 is 0 Å². The zero-order valence-electron chi connectivity index (χ0n) is 15.0. The summed E-state index contributed by atoms with van der Waals surface area (Å²) in [5.41, 5.74) is 1.26. The van der Waals surface area contributed by atoms with Crippen molar-refractivity contribution in [1.29, 1.82) is 0 Å². The Bertz CT molecular complexity index is 721. The van der Waals surface area contributed by atoms with Gasteiger partial charge in [0, 0.05) is 31.5 Å². The van der Waals surface area contributed by atoms with Crippen LogP contribution >= 0.6 is 0 Å². The van der Waals surface area contributed by atoms with Gasteiger partial charge in [0.05, 0.1) is 0 Å². The number of nitrogens with zero attached hydrogens (tertiary/aromatic N) is 1. The first-order chi connectivity index (χ1) is 12.0. The van der Waals surface area contributed by atoms with Gasteiger partial charge in [0.2, 0.25) is 0 Å². The quantitative estimate of drug-likeness (QED) is 0.780. The van der Waals surface area contributed by atoms with Crippen molar-refractivity contribution in [3.8, 4) is 0 Å². The van der Waals surface area contributed by atoms with Gasteiger partial charge in [0.25, 0.3) is 5.91 Å². The molecule has 1 amide bonds. The van der Waals surface area contributed by atoms with E-state index in [1.807, 2.05) is 25.1 Å². The minimum Gasteiger partial charge on any atom is -0.478 e. The van der Waals surface area contributed by atoms with Crippen molar-refractivity contribution in [3.63, 3.8) is 0 Å². The van der Waals surface area contributed by atoms with Crippen LogP contribution in [0, 0.1) is 0 Å². The summed E-state index contributed by atoms with van der Waals surface area (Å²) < 4.78 is 5.52. The smallest absolute Gasteiger partial charge is 0.339 e. The molecule has 0 spiro atoms. The van der Waals surface area contributed by atoms with Gasteiger partial charge in [0.1, 0.15) is 11.3 Å². The van der Waals surface area contributed by atoms with E-state index in [0.717, 1.165) is 6.42 Å². The molecule has 0 aliphatic rings. The average molecular weight is 343 g/mol. The van der Waals surface area contributed by atoms with Crippen LogP contribution in [0.1, 0.15) is 65.3 Å². The Labute approximate surface area is 148 Å². The summed E-state index contributed by atoms with van der Waals surface area (Å²) in [6.45, 7) is 6.92. The average Bonchev–Trinajstić information content (AvgIpc) is 3.08. The van der Waals surface area contributed by atoms with Crippen LogP contribution in [0.2, 0.25) is 0 Å². The molecule has 2 rings (SSSR count). The van der Waals surface area contributed by atoms with Gasteiger partial charge in [-0.2, -0.15) is 0 Å². The lowest BCUT2D eigenvalue weighted by Crippen LogP contribution is -2.34. The number of hydrogen-bond donors (Lipinski definition) is 1. The number of aromatic carboxylic acids is 1. The number of hydrogen-bond acceptors (Lipinski definition) is 3. The van der Waals surface area contributed by atoms with Gasteiger partial charge < -0.3 is 14.4 Å². The Balaban J connectivity index is 2.22. The maximum absolute atomic E-state index is 12.8. The minimum absolute atomic E-state index is 0.0667. The molecule has 5 heteroatoms. The van der Waals surface area contributed by atoms with Crippen molar-refractivity contribution in [2.24, 2.45) is 0 Å². The normalized spacial score (nSPS) is 12.0. The van der Waals surface area contributed by atoms with E-state index in [4.69, 9.17) is 4.42 Å². The first-order valence-corrected chi connectivity index (χ1v) is 8.71. The molecule has 0 radical (unpaired) electrons. The van der Waals surface area contributed by atoms with Crippen LogP contribution in [0.5, 0.6) is 0 Å². The van der Waals surface area contributed by atoms with Crippen molar-refractivity contribution in [1.82, 2.24) is 4.90 Å². The van der Waals surface area contributed by atoms with E-state index in [1.54, 1.807) is 11.8 Å². The van der Waals surface area contributed by atoms with E-state index in [0.29, 0.717) is 25.3 Å². The molecular weight excluding hydrogens is 318 g/mol. The molecular formula is C20H25NO4. The lowest BCUT2D eigenvalue weighted by atomic mass is 9.96. The fourth-order valence-electron chi connectivity index (χ4n) is 2.95. The predicted octanol–water partition coefficient (Wildman–Crippen LogP) is 4.20. The summed E-state index contributed by atoms with van der Waals surface area (Å²) >= 11 is 0. The van der Waals surface area contributed by atoms with Gasteiger partial charge in [-0.25, -0.2) is 4.79 Å². The highest BCUT2D eigenvalue weighted by Gasteiger charge is 2.25. The molecule has 2 aromatic rings. The number of furan rings is 1. The third-order valence-electron chi connectivity index (χ3n) is 4.44. The fourth-order valence-corrected chi connectivity index (χ4v) is 2.95. The van der Waals surface area contributed by atoms with Gasteiger partial charge in [-0.15, -0.1) is 0 Å². The summed E-state index contributed by atoms with van der Waals surface area (Å²) in [4.78, 5) is 25.8. The van der Waals surface area contributed by atoms with Gasteiger partial charge in [-0.05, 0) is 18.9 Å². The molecule has 0 saturated carbocycles. The fraction of sp³-hybridized carbons (Fsp3) is 0.400. The van der Waals surface area contributed by atoms with Gasteiger partial charge in [0.15, 0.2) is 5.76 Å². The second-order valence-corrected chi connectivity index (χ2v) is 5.97. The number of amides is 1. The standard InChI is InChI=1S/C20H25NO4/c1-4-14(15-10-8-7-9-11-15)13-21(6-3)19(22)18-12-16(20(23)24)17(5-2)25-18/h7-12,14H,4-6,13H2,1-3H3,(H,23,24). The molecule has 0 saturated heterocycles. The van der Waals surface area contributed by atoms with Crippen LogP contribution in [0.15, 0.2) is 40.8 Å². The monoisotopic (exact) mass is 343 g/mol. The van der Waals surface area contributed by atoms with E-state index < -0.39 is 5.97 Å². The van der Waals surface area contributed by atoms with Crippen LogP contribution in [0.25, 0.3) is 0 Å². The highest BCUT2D eigenvalue weighted by Crippen LogP contribution is 2.23. The van der Waals surface area contributed by atoms with Crippen LogP contribution < -0.4 is 0 Å². The predicted molar refractivity (Wildman–Crippen MR) is 96.1 cm³/mol. The van der Waals surface area contributed by atoms with Gasteiger partial charge in [-0.3, -0.25) is 4.79 Å². The molecule has 1 N–H and O–H groups in total. The maximum Gasteiger partial charge on any atom is 0.339 e. The number of likely N-dealkylation sites (N-methyl/N-ethyl adjacent to an activating group) is 1. The first-order valence-electron chi connectivity index (χ1n) is 8.71. The number of carboxylic acid groups (broad SMARTS) is 1. The molecule has 1 heterocycles. The Hall–Kier alpha value is -2.56. The molecule has 0 bridgehead atoms. The number of benzene rings is 1. The molecule has 25 heavy (non-hydrogen) atoms. The van der Waals surface area contributed by atoms with Crippen LogP contribution in [-0.2, 0) is 6.42 Å². The molecule has 0 aliphatic carbocycles. The number of carboxylic acids is 1. The third kappa shape index (κ3) is 4.29. The topological polar surface area (TPSA) is 70.8 Å². The second-order valence-electron chi connectivity index (χ2n) is 5.97. The zero-order valence-corrected chi connectivity index (χ0v) is 15.0. The Morgan fingerprint density at radius 3 is 2.32 bits per heavy atom. The highest BCUT2D eigenvalue weighted by molar-refractivity contribution is 5.96. The van der Waals surface area contributed by atoms with Gasteiger partial charge in [-0.1, -0.05) is 44.2 Å². The number of carbonyl (C=O) groups excluding carboxylic acids is 1. The van der Waals surface area contributed by atoms with Crippen LogP contribution in [-0.4, -0.2) is 35.0 Å². The molecule has 5 nitrogen and oxygen atoms in total. The van der Waals surface area contributed by atoms with Crippen molar-refractivity contribution in [2.75, 3.05) is 13.1 Å². The van der Waals surface area contributed by atoms with E-state index in [9.17, 15) is 14.7 Å².